The number of hydrogen-bond donors (Lipinski definition) is 1. The minimum Gasteiger partial charge on any atom is -0.497 e. The summed E-state index contributed by atoms with van der Waals surface area (Å²) in [6.45, 7) is 0. The average molecular weight is 448 g/mol. The van der Waals surface area contributed by atoms with E-state index in [1.54, 1.807) is 18.2 Å². The molecule has 0 heterocycles. The van der Waals surface area contributed by atoms with E-state index in [1.165, 1.54) is 39.5 Å². The second-order valence-electron chi connectivity index (χ2n) is 7.10. The van der Waals surface area contributed by atoms with E-state index in [1.807, 2.05) is 12.2 Å². The molecule has 164 valence electrons. The molecule has 3 atom stereocenters. The predicted molar refractivity (Wildman–Crippen MR) is 114 cm³/mol. The Kier molecular flexibility index (Phi) is 7.17. The molecule has 31 heavy (non-hydrogen) atoms. The predicted octanol–water partition coefficient (Wildman–Crippen LogP) is 4.13. The Morgan fingerprint density at radius 2 is 1.87 bits per heavy atom. The zero-order valence-corrected chi connectivity index (χ0v) is 18.1. The number of ether oxygens (including phenoxy) is 3. The Morgan fingerprint density at radius 1 is 1.10 bits per heavy atom. The highest BCUT2D eigenvalue weighted by Gasteiger charge is 2.35. The fourth-order valence-corrected chi connectivity index (χ4v) is 4.01. The highest BCUT2D eigenvalue weighted by Crippen LogP contribution is 2.38. The van der Waals surface area contributed by atoms with Crippen molar-refractivity contribution >= 4 is 23.5 Å². The van der Waals surface area contributed by atoms with Gasteiger partial charge in [-0.05, 0) is 42.2 Å². The summed E-state index contributed by atoms with van der Waals surface area (Å²) < 4.78 is 28.9. The number of esters is 1. The molecule has 0 bridgehead atoms. The Labute approximate surface area is 184 Å². The molecule has 0 aromatic heterocycles. The number of amides is 1. The van der Waals surface area contributed by atoms with Crippen molar-refractivity contribution in [3.05, 3.63) is 70.5 Å². The Hall–Kier alpha value is -3.06. The van der Waals surface area contributed by atoms with Crippen LogP contribution in [0.3, 0.4) is 0 Å². The maximum absolute atomic E-state index is 13.5. The van der Waals surface area contributed by atoms with Crippen LogP contribution in [0, 0.1) is 11.7 Å². The second-order valence-corrected chi connectivity index (χ2v) is 7.50. The van der Waals surface area contributed by atoms with Crippen LogP contribution < -0.4 is 14.8 Å². The SMILES string of the molecule is COC(=O)[C@H](c1ccc(F)cc1Cl)[C@H]1C=C[C@H](NC(=O)c2ccc(OC)cc2OC)C1. The number of hydrogen-bond acceptors (Lipinski definition) is 5. The highest BCUT2D eigenvalue weighted by molar-refractivity contribution is 6.31. The Morgan fingerprint density at radius 3 is 2.52 bits per heavy atom. The van der Waals surface area contributed by atoms with Crippen molar-refractivity contribution < 1.29 is 28.2 Å². The third-order valence-electron chi connectivity index (χ3n) is 5.27. The summed E-state index contributed by atoms with van der Waals surface area (Å²) >= 11 is 6.20. The molecular weight excluding hydrogens is 425 g/mol. The van der Waals surface area contributed by atoms with E-state index in [0.717, 1.165) is 0 Å². The molecule has 6 nitrogen and oxygen atoms in total. The number of carbonyl (C=O) groups is 2. The number of methoxy groups -OCH3 is 3. The van der Waals surface area contributed by atoms with Crippen LogP contribution in [0.15, 0.2) is 48.6 Å². The molecule has 0 unspecified atom stereocenters. The van der Waals surface area contributed by atoms with Crippen LogP contribution >= 0.6 is 11.6 Å². The molecule has 1 aliphatic rings. The summed E-state index contributed by atoms with van der Waals surface area (Å²) in [5.74, 6) is -1.31. The molecule has 8 heteroatoms. The van der Waals surface area contributed by atoms with Gasteiger partial charge >= 0.3 is 5.97 Å². The summed E-state index contributed by atoms with van der Waals surface area (Å²) in [5, 5.41) is 3.08. The largest absolute Gasteiger partial charge is 0.497 e. The minimum absolute atomic E-state index is 0.152. The number of benzene rings is 2. The van der Waals surface area contributed by atoms with Gasteiger partial charge in [-0.1, -0.05) is 29.8 Å². The Bertz CT molecular complexity index is 1010. The molecule has 3 rings (SSSR count). The monoisotopic (exact) mass is 447 g/mol. The van der Waals surface area contributed by atoms with Crippen LogP contribution in [0.25, 0.3) is 0 Å². The fraction of sp³-hybridized carbons (Fsp3) is 0.304. The van der Waals surface area contributed by atoms with E-state index in [9.17, 15) is 14.0 Å². The van der Waals surface area contributed by atoms with Gasteiger partial charge in [0.15, 0.2) is 0 Å². The topological polar surface area (TPSA) is 73.9 Å². The van der Waals surface area contributed by atoms with Gasteiger partial charge in [-0.3, -0.25) is 9.59 Å². The molecule has 2 aromatic rings. The van der Waals surface area contributed by atoms with Crippen LogP contribution in [-0.2, 0) is 9.53 Å². The van der Waals surface area contributed by atoms with Crippen molar-refractivity contribution in [3.63, 3.8) is 0 Å². The van der Waals surface area contributed by atoms with Gasteiger partial charge in [0.25, 0.3) is 5.91 Å². The first-order chi connectivity index (χ1) is 14.9. The van der Waals surface area contributed by atoms with Crippen molar-refractivity contribution in [1.29, 1.82) is 0 Å². The molecule has 1 amide bonds. The fourth-order valence-electron chi connectivity index (χ4n) is 3.73. The molecule has 0 fully saturated rings. The summed E-state index contributed by atoms with van der Waals surface area (Å²) in [6, 6.07) is 8.53. The lowest BCUT2D eigenvalue weighted by Crippen LogP contribution is -2.34. The lowest BCUT2D eigenvalue weighted by Gasteiger charge is -2.23. The van der Waals surface area contributed by atoms with Crippen molar-refractivity contribution in [3.8, 4) is 11.5 Å². The molecule has 1 aliphatic carbocycles. The van der Waals surface area contributed by atoms with Crippen LogP contribution in [0.4, 0.5) is 4.39 Å². The van der Waals surface area contributed by atoms with Crippen molar-refractivity contribution in [2.75, 3.05) is 21.3 Å². The number of carbonyl (C=O) groups excluding carboxylic acids is 2. The summed E-state index contributed by atoms with van der Waals surface area (Å²) in [5.41, 5.74) is 0.847. The zero-order valence-electron chi connectivity index (χ0n) is 17.4. The van der Waals surface area contributed by atoms with Crippen molar-refractivity contribution in [1.82, 2.24) is 5.32 Å². The molecule has 0 aliphatic heterocycles. The highest BCUT2D eigenvalue weighted by atomic mass is 35.5. The van der Waals surface area contributed by atoms with E-state index in [4.69, 9.17) is 25.8 Å². The van der Waals surface area contributed by atoms with Gasteiger partial charge in [0.1, 0.15) is 17.3 Å². The van der Waals surface area contributed by atoms with Crippen LogP contribution in [-0.4, -0.2) is 39.2 Å². The summed E-state index contributed by atoms with van der Waals surface area (Å²) in [7, 11) is 4.30. The Balaban J connectivity index is 1.76. The van der Waals surface area contributed by atoms with Gasteiger partial charge in [-0.15, -0.1) is 0 Å². The number of rotatable bonds is 7. The number of halogens is 2. The minimum atomic E-state index is -0.716. The van der Waals surface area contributed by atoms with E-state index < -0.39 is 17.7 Å². The van der Waals surface area contributed by atoms with Gasteiger partial charge in [0.05, 0.1) is 32.8 Å². The first-order valence-corrected chi connectivity index (χ1v) is 9.99. The van der Waals surface area contributed by atoms with Crippen LogP contribution in [0.1, 0.15) is 28.3 Å². The first-order valence-electron chi connectivity index (χ1n) is 9.62. The number of allylic oxidation sites excluding steroid dienone is 1. The van der Waals surface area contributed by atoms with Crippen LogP contribution in [0.2, 0.25) is 5.02 Å². The van der Waals surface area contributed by atoms with Gasteiger partial charge in [-0.2, -0.15) is 0 Å². The van der Waals surface area contributed by atoms with E-state index in [2.05, 4.69) is 5.32 Å². The van der Waals surface area contributed by atoms with Gasteiger partial charge in [0, 0.05) is 17.1 Å². The molecule has 0 saturated carbocycles. The smallest absolute Gasteiger partial charge is 0.313 e. The zero-order chi connectivity index (χ0) is 22.5. The van der Waals surface area contributed by atoms with E-state index >= 15 is 0 Å². The lowest BCUT2D eigenvalue weighted by atomic mass is 9.85. The third-order valence-corrected chi connectivity index (χ3v) is 5.59. The van der Waals surface area contributed by atoms with Crippen LogP contribution in [0.5, 0.6) is 11.5 Å². The summed E-state index contributed by atoms with van der Waals surface area (Å²) in [6.07, 6.45) is 4.13. The molecule has 2 aromatic carbocycles. The van der Waals surface area contributed by atoms with Gasteiger partial charge in [-0.25, -0.2) is 4.39 Å². The van der Waals surface area contributed by atoms with Crippen molar-refractivity contribution in [2.45, 2.75) is 18.4 Å². The van der Waals surface area contributed by atoms with Gasteiger partial charge < -0.3 is 19.5 Å². The first kappa shape index (κ1) is 22.6. The maximum atomic E-state index is 13.5. The molecule has 1 N–H and O–H groups in total. The second kappa shape index (κ2) is 9.83. The molecule has 0 radical (unpaired) electrons. The van der Waals surface area contributed by atoms with Gasteiger partial charge in [0.2, 0.25) is 0 Å². The third kappa shape index (κ3) is 4.99. The van der Waals surface area contributed by atoms with Crippen molar-refractivity contribution in [2.24, 2.45) is 5.92 Å². The van der Waals surface area contributed by atoms with E-state index in [-0.39, 0.29) is 22.9 Å². The van der Waals surface area contributed by atoms with E-state index in [0.29, 0.717) is 29.0 Å². The molecule has 0 saturated heterocycles. The average Bonchev–Trinajstić information content (AvgIpc) is 3.22. The maximum Gasteiger partial charge on any atom is 0.313 e. The molecular formula is C23H23ClFNO5. The standard InChI is InChI=1S/C23H23ClFNO5/c1-29-16-7-9-18(20(12-16)30-2)22(27)26-15-6-4-13(10-15)21(23(28)31-3)17-8-5-14(25)11-19(17)24/h4-9,11-13,15,21H,10H2,1-3H3,(H,26,27)/t13-,15-,21-/m0/s1. The quantitative estimate of drug-likeness (QED) is 0.510. The lowest BCUT2D eigenvalue weighted by molar-refractivity contribution is -0.143. The molecule has 0 spiro atoms. The normalized spacial score (nSPS) is 18.4. The summed E-state index contributed by atoms with van der Waals surface area (Å²) in [4.78, 5) is 25.3. The number of nitrogens with one attached hydrogen (secondary N) is 1.